The first-order chi connectivity index (χ1) is 9.36. The molecule has 1 saturated carbocycles. The standard InChI is InChI=1S/C16H25N3/c17-10-13-4-1-2-5-14(13)11-18-16-9-8-12-6-3-7-15(12)19-16/h8-9,13-14H,1-7,10-11,17H2,(H,18,19). The van der Waals surface area contributed by atoms with Crippen LogP contribution < -0.4 is 11.1 Å². The van der Waals surface area contributed by atoms with Gasteiger partial charge >= 0.3 is 0 Å². The second kappa shape index (κ2) is 5.91. The lowest BCUT2D eigenvalue weighted by molar-refractivity contribution is 0.255. The fraction of sp³-hybridized carbons (Fsp3) is 0.688. The molecular formula is C16H25N3. The molecule has 0 amide bonds. The summed E-state index contributed by atoms with van der Waals surface area (Å²) >= 11 is 0. The van der Waals surface area contributed by atoms with E-state index in [4.69, 9.17) is 10.7 Å². The van der Waals surface area contributed by atoms with Crippen LogP contribution in [0.3, 0.4) is 0 Å². The lowest BCUT2D eigenvalue weighted by Crippen LogP contribution is -2.31. The molecule has 104 valence electrons. The summed E-state index contributed by atoms with van der Waals surface area (Å²) in [5, 5.41) is 3.54. The molecule has 1 aromatic rings. The zero-order chi connectivity index (χ0) is 13.1. The zero-order valence-electron chi connectivity index (χ0n) is 11.7. The quantitative estimate of drug-likeness (QED) is 0.874. The number of nitrogens with zero attached hydrogens (tertiary/aromatic N) is 1. The molecule has 3 rings (SSSR count). The molecule has 3 nitrogen and oxygen atoms in total. The molecule has 2 aliphatic carbocycles. The van der Waals surface area contributed by atoms with Crippen molar-refractivity contribution >= 4 is 5.82 Å². The van der Waals surface area contributed by atoms with Gasteiger partial charge in [0.25, 0.3) is 0 Å². The Balaban J connectivity index is 1.59. The number of anilines is 1. The minimum Gasteiger partial charge on any atom is -0.370 e. The Morgan fingerprint density at radius 3 is 2.79 bits per heavy atom. The van der Waals surface area contributed by atoms with E-state index in [2.05, 4.69) is 17.4 Å². The highest BCUT2D eigenvalue weighted by molar-refractivity contribution is 5.40. The molecule has 1 fully saturated rings. The molecule has 2 atom stereocenters. The SMILES string of the molecule is NCC1CCCCC1CNc1ccc2c(n1)CCC2. The summed E-state index contributed by atoms with van der Waals surface area (Å²) in [6.45, 7) is 1.87. The van der Waals surface area contributed by atoms with E-state index in [0.29, 0.717) is 5.92 Å². The van der Waals surface area contributed by atoms with E-state index in [0.717, 1.165) is 31.2 Å². The highest BCUT2D eigenvalue weighted by atomic mass is 15.0. The average Bonchev–Trinajstić information content (AvgIpc) is 2.93. The molecule has 19 heavy (non-hydrogen) atoms. The summed E-state index contributed by atoms with van der Waals surface area (Å²) in [6, 6.07) is 4.39. The predicted octanol–water partition coefficient (Wildman–Crippen LogP) is 2.75. The van der Waals surface area contributed by atoms with E-state index in [9.17, 15) is 0 Å². The second-order valence-corrected chi connectivity index (χ2v) is 6.08. The van der Waals surface area contributed by atoms with Gasteiger partial charge in [0.2, 0.25) is 0 Å². The van der Waals surface area contributed by atoms with Gasteiger partial charge in [-0.2, -0.15) is 0 Å². The van der Waals surface area contributed by atoms with Crippen molar-refractivity contribution in [3.8, 4) is 0 Å². The fourth-order valence-electron chi connectivity index (χ4n) is 3.62. The van der Waals surface area contributed by atoms with Gasteiger partial charge in [-0.1, -0.05) is 18.9 Å². The predicted molar refractivity (Wildman–Crippen MR) is 79.3 cm³/mol. The second-order valence-electron chi connectivity index (χ2n) is 6.08. The third kappa shape index (κ3) is 2.92. The van der Waals surface area contributed by atoms with Crippen LogP contribution in [0.2, 0.25) is 0 Å². The maximum absolute atomic E-state index is 5.89. The largest absolute Gasteiger partial charge is 0.370 e. The summed E-state index contributed by atoms with van der Waals surface area (Å²) in [5.74, 6) is 2.49. The van der Waals surface area contributed by atoms with Crippen molar-refractivity contribution < 1.29 is 0 Å². The van der Waals surface area contributed by atoms with Gasteiger partial charge < -0.3 is 11.1 Å². The van der Waals surface area contributed by atoms with Crippen molar-refractivity contribution in [3.05, 3.63) is 23.4 Å². The van der Waals surface area contributed by atoms with Gasteiger partial charge in [-0.25, -0.2) is 4.98 Å². The normalized spacial score (nSPS) is 26.2. The first kappa shape index (κ1) is 12.9. The van der Waals surface area contributed by atoms with Crippen LogP contribution in [0.15, 0.2) is 12.1 Å². The van der Waals surface area contributed by atoms with Gasteiger partial charge in [0.15, 0.2) is 0 Å². The summed E-state index contributed by atoms with van der Waals surface area (Å²) in [4.78, 5) is 4.75. The lowest BCUT2D eigenvalue weighted by Gasteiger charge is -2.30. The number of hydrogen-bond donors (Lipinski definition) is 2. The first-order valence-electron chi connectivity index (χ1n) is 7.79. The molecule has 0 spiro atoms. The summed E-state index contributed by atoms with van der Waals surface area (Å²) < 4.78 is 0. The molecule has 0 aromatic carbocycles. The lowest BCUT2D eigenvalue weighted by atomic mass is 9.79. The van der Waals surface area contributed by atoms with Crippen molar-refractivity contribution in [2.24, 2.45) is 17.6 Å². The molecule has 1 heterocycles. The van der Waals surface area contributed by atoms with E-state index in [1.54, 1.807) is 0 Å². The van der Waals surface area contributed by atoms with E-state index in [-0.39, 0.29) is 0 Å². The van der Waals surface area contributed by atoms with Crippen molar-refractivity contribution in [3.63, 3.8) is 0 Å². The van der Waals surface area contributed by atoms with Crippen LogP contribution in [-0.2, 0) is 12.8 Å². The molecule has 0 aliphatic heterocycles. The summed E-state index contributed by atoms with van der Waals surface area (Å²) in [7, 11) is 0. The van der Waals surface area contributed by atoms with E-state index in [1.807, 2.05) is 0 Å². The summed E-state index contributed by atoms with van der Waals surface area (Å²) in [6.07, 6.45) is 8.97. The van der Waals surface area contributed by atoms with Gasteiger partial charge in [0.05, 0.1) is 0 Å². The number of aryl methyl sites for hydroxylation is 2. The first-order valence-corrected chi connectivity index (χ1v) is 7.79. The number of rotatable bonds is 4. The smallest absolute Gasteiger partial charge is 0.126 e. The third-order valence-corrected chi connectivity index (χ3v) is 4.84. The van der Waals surface area contributed by atoms with Crippen LogP contribution in [0.25, 0.3) is 0 Å². The maximum Gasteiger partial charge on any atom is 0.126 e. The van der Waals surface area contributed by atoms with E-state index >= 15 is 0 Å². The Morgan fingerprint density at radius 2 is 1.95 bits per heavy atom. The monoisotopic (exact) mass is 259 g/mol. The number of fused-ring (bicyclic) bond motifs is 1. The fourth-order valence-corrected chi connectivity index (χ4v) is 3.62. The molecule has 2 unspecified atom stereocenters. The Hall–Kier alpha value is -1.09. The molecule has 0 radical (unpaired) electrons. The van der Waals surface area contributed by atoms with Crippen molar-refractivity contribution in [2.75, 3.05) is 18.4 Å². The zero-order valence-corrected chi connectivity index (χ0v) is 11.7. The van der Waals surface area contributed by atoms with Crippen LogP contribution in [0.4, 0.5) is 5.82 Å². The summed E-state index contributed by atoms with van der Waals surface area (Å²) in [5.41, 5.74) is 8.65. The van der Waals surface area contributed by atoms with Gasteiger partial charge in [0, 0.05) is 12.2 Å². The number of aromatic nitrogens is 1. The minimum atomic E-state index is 0.704. The number of hydrogen-bond acceptors (Lipinski definition) is 3. The highest BCUT2D eigenvalue weighted by Gasteiger charge is 2.23. The van der Waals surface area contributed by atoms with Crippen LogP contribution >= 0.6 is 0 Å². The number of pyridine rings is 1. The highest BCUT2D eigenvalue weighted by Crippen LogP contribution is 2.29. The van der Waals surface area contributed by atoms with Crippen molar-refractivity contribution in [2.45, 2.75) is 44.9 Å². The van der Waals surface area contributed by atoms with Crippen LogP contribution in [0, 0.1) is 11.8 Å². The topological polar surface area (TPSA) is 50.9 Å². The molecule has 3 heteroatoms. The third-order valence-electron chi connectivity index (χ3n) is 4.84. The molecule has 0 saturated heterocycles. The molecule has 3 N–H and O–H groups in total. The Bertz CT molecular complexity index is 430. The molecule has 2 aliphatic rings. The number of nitrogens with two attached hydrogens (primary N) is 1. The maximum atomic E-state index is 5.89. The van der Waals surface area contributed by atoms with Gasteiger partial charge in [0.1, 0.15) is 5.82 Å². The Morgan fingerprint density at radius 1 is 1.11 bits per heavy atom. The molecule has 0 bridgehead atoms. The van der Waals surface area contributed by atoms with Crippen LogP contribution in [0.5, 0.6) is 0 Å². The Labute approximate surface area is 116 Å². The van der Waals surface area contributed by atoms with Gasteiger partial charge in [-0.15, -0.1) is 0 Å². The van der Waals surface area contributed by atoms with Gasteiger partial charge in [-0.05, 0) is 62.1 Å². The van der Waals surface area contributed by atoms with Crippen LogP contribution in [0.1, 0.15) is 43.4 Å². The van der Waals surface area contributed by atoms with Crippen molar-refractivity contribution in [1.29, 1.82) is 0 Å². The minimum absolute atomic E-state index is 0.704. The molecule has 1 aromatic heterocycles. The van der Waals surface area contributed by atoms with E-state index < -0.39 is 0 Å². The molecular weight excluding hydrogens is 234 g/mol. The van der Waals surface area contributed by atoms with E-state index in [1.165, 1.54) is 49.8 Å². The van der Waals surface area contributed by atoms with Crippen molar-refractivity contribution in [1.82, 2.24) is 4.98 Å². The number of nitrogens with one attached hydrogen (secondary N) is 1. The van der Waals surface area contributed by atoms with Crippen LogP contribution in [-0.4, -0.2) is 18.1 Å². The van der Waals surface area contributed by atoms with Gasteiger partial charge in [-0.3, -0.25) is 0 Å². The Kier molecular flexibility index (Phi) is 4.02. The average molecular weight is 259 g/mol.